The second-order valence-electron chi connectivity index (χ2n) is 4.12. The normalized spacial score (nSPS) is 10.2. The molecule has 0 aliphatic heterocycles. The summed E-state index contributed by atoms with van der Waals surface area (Å²) in [6, 6.07) is 1.89. The molecule has 0 radical (unpaired) electrons. The first-order chi connectivity index (χ1) is 8.60. The van der Waals surface area contributed by atoms with Gasteiger partial charge in [-0.1, -0.05) is 0 Å². The van der Waals surface area contributed by atoms with Crippen LogP contribution in [0, 0.1) is 6.92 Å². The largest absolute Gasteiger partial charge is 0.385 e. The molecule has 0 aromatic carbocycles. The molecule has 0 fully saturated rings. The SMILES string of the molecule is CCNc1cc(C)ncc1C(=O)N(C)CCOC. The molecule has 1 aromatic heterocycles. The predicted octanol–water partition coefficient (Wildman–Crippen LogP) is 1.54. The number of nitrogens with one attached hydrogen (secondary N) is 1. The Kier molecular flexibility index (Phi) is 5.58. The maximum absolute atomic E-state index is 12.2. The van der Waals surface area contributed by atoms with Gasteiger partial charge in [0.05, 0.1) is 17.9 Å². The van der Waals surface area contributed by atoms with Gasteiger partial charge >= 0.3 is 0 Å². The highest BCUT2D eigenvalue weighted by atomic mass is 16.5. The lowest BCUT2D eigenvalue weighted by molar-refractivity contribution is 0.0745. The Balaban J connectivity index is 2.90. The predicted molar refractivity (Wildman–Crippen MR) is 72.0 cm³/mol. The van der Waals surface area contributed by atoms with Gasteiger partial charge in [0.25, 0.3) is 5.91 Å². The Morgan fingerprint density at radius 2 is 2.28 bits per heavy atom. The first kappa shape index (κ1) is 14.4. The molecule has 0 saturated carbocycles. The number of aromatic nitrogens is 1. The van der Waals surface area contributed by atoms with E-state index in [0.717, 1.165) is 17.9 Å². The van der Waals surface area contributed by atoms with E-state index in [9.17, 15) is 4.79 Å². The van der Waals surface area contributed by atoms with Crippen molar-refractivity contribution in [2.75, 3.05) is 39.2 Å². The number of ether oxygens (including phenoxy) is 1. The number of carbonyl (C=O) groups is 1. The summed E-state index contributed by atoms with van der Waals surface area (Å²) in [5.41, 5.74) is 2.32. The highest BCUT2D eigenvalue weighted by Crippen LogP contribution is 2.17. The van der Waals surface area contributed by atoms with Crippen LogP contribution in [0.25, 0.3) is 0 Å². The standard InChI is InChI=1S/C13H21N3O2/c1-5-14-12-8-10(2)15-9-11(12)13(17)16(3)6-7-18-4/h8-9H,5-7H2,1-4H3,(H,14,15). The number of pyridine rings is 1. The maximum atomic E-state index is 12.2. The van der Waals surface area contributed by atoms with Crippen molar-refractivity contribution in [1.29, 1.82) is 0 Å². The van der Waals surface area contributed by atoms with Crippen molar-refractivity contribution in [2.24, 2.45) is 0 Å². The summed E-state index contributed by atoms with van der Waals surface area (Å²) in [6.07, 6.45) is 1.62. The first-order valence-corrected chi connectivity index (χ1v) is 6.05. The fourth-order valence-corrected chi connectivity index (χ4v) is 1.60. The summed E-state index contributed by atoms with van der Waals surface area (Å²) < 4.78 is 4.97. The fourth-order valence-electron chi connectivity index (χ4n) is 1.60. The summed E-state index contributed by atoms with van der Waals surface area (Å²) >= 11 is 0. The molecule has 0 aliphatic rings. The maximum Gasteiger partial charge on any atom is 0.257 e. The molecular formula is C13H21N3O2. The number of aryl methyl sites for hydroxylation is 1. The van der Waals surface area contributed by atoms with Crippen LogP contribution in [0.2, 0.25) is 0 Å². The van der Waals surface area contributed by atoms with E-state index in [1.165, 1.54) is 0 Å². The topological polar surface area (TPSA) is 54.5 Å². The third-order valence-electron chi connectivity index (χ3n) is 2.62. The Morgan fingerprint density at radius 1 is 1.56 bits per heavy atom. The lowest BCUT2D eigenvalue weighted by Crippen LogP contribution is -2.30. The molecule has 0 saturated heterocycles. The van der Waals surface area contributed by atoms with Crippen LogP contribution in [0.15, 0.2) is 12.3 Å². The van der Waals surface area contributed by atoms with Gasteiger partial charge in [0.15, 0.2) is 0 Å². The summed E-state index contributed by atoms with van der Waals surface area (Å²) in [5, 5.41) is 3.19. The van der Waals surface area contributed by atoms with E-state index in [1.54, 1.807) is 25.3 Å². The molecule has 1 N–H and O–H groups in total. The molecule has 18 heavy (non-hydrogen) atoms. The van der Waals surface area contributed by atoms with Crippen LogP contribution in [-0.4, -0.2) is 49.6 Å². The van der Waals surface area contributed by atoms with Crippen LogP contribution in [0.3, 0.4) is 0 Å². The molecule has 0 bridgehead atoms. The van der Waals surface area contributed by atoms with Gasteiger partial charge in [0.2, 0.25) is 0 Å². The zero-order valence-electron chi connectivity index (χ0n) is 11.5. The van der Waals surface area contributed by atoms with Gasteiger partial charge < -0.3 is 15.0 Å². The van der Waals surface area contributed by atoms with Crippen LogP contribution in [0.5, 0.6) is 0 Å². The van der Waals surface area contributed by atoms with Crippen molar-refractivity contribution in [3.63, 3.8) is 0 Å². The van der Waals surface area contributed by atoms with Crippen molar-refractivity contribution in [3.8, 4) is 0 Å². The van der Waals surface area contributed by atoms with Gasteiger partial charge in [0.1, 0.15) is 0 Å². The lowest BCUT2D eigenvalue weighted by Gasteiger charge is -2.19. The summed E-state index contributed by atoms with van der Waals surface area (Å²) in [6.45, 7) is 5.76. The van der Waals surface area contributed by atoms with Gasteiger partial charge in [-0.2, -0.15) is 0 Å². The fraction of sp³-hybridized carbons (Fsp3) is 0.538. The molecule has 0 aliphatic carbocycles. The quantitative estimate of drug-likeness (QED) is 0.833. The molecule has 100 valence electrons. The first-order valence-electron chi connectivity index (χ1n) is 6.05. The minimum atomic E-state index is -0.0458. The number of carbonyl (C=O) groups excluding carboxylic acids is 1. The highest BCUT2D eigenvalue weighted by molar-refractivity contribution is 5.99. The van der Waals surface area contributed by atoms with Crippen molar-refractivity contribution < 1.29 is 9.53 Å². The third-order valence-corrected chi connectivity index (χ3v) is 2.62. The van der Waals surface area contributed by atoms with E-state index < -0.39 is 0 Å². The van der Waals surface area contributed by atoms with E-state index in [2.05, 4.69) is 10.3 Å². The summed E-state index contributed by atoms with van der Waals surface area (Å²) in [4.78, 5) is 18.1. The molecule has 1 aromatic rings. The van der Waals surface area contributed by atoms with Crippen LogP contribution in [0.4, 0.5) is 5.69 Å². The number of hydrogen-bond acceptors (Lipinski definition) is 4. The zero-order valence-corrected chi connectivity index (χ0v) is 11.5. The van der Waals surface area contributed by atoms with Crippen LogP contribution >= 0.6 is 0 Å². The van der Waals surface area contributed by atoms with E-state index in [0.29, 0.717) is 18.7 Å². The summed E-state index contributed by atoms with van der Waals surface area (Å²) in [7, 11) is 3.38. The van der Waals surface area contributed by atoms with Crippen molar-refractivity contribution >= 4 is 11.6 Å². The average Bonchev–Trinajstić information content (AvgIpc) is 2.36. The molecule has 1 rings (SSSR count). The zero-order chi connectivity index (χ0) is 13.5. The molecule has 5 heteroatoms. The van der Waals surface area contributed by atoms with Crippen LogP contribution < -0.4 is 5.32 Å². The van der Waals surface area contributed by atoms with E-state index >= 15 is 0 Å². The minimum absolute atomic E-state index is 0.0458. The number of hydrogen-bond donors (Lipinski definition) is 1. The number of nitrogens with zero attached hydrogens (tertiary/aromatic N) is 2. The Hall–Kier alpha value is -1.62. The van der Waals surface area contributed by atoms with Gasteiger partial charge in [-0.25, -0.2) is 0 Å². The van der Waals surface area contributed by atoms with Crippen molar-refractivity contribution in [2.45, 2.75) is 13.8 Å². The lowest BCUT2D eigenvalue weighted by atomic mass is 10.2. The Bertz CT molecular complexity index is 407. The van der Waals surface area contributed by atoms with Crippen LogP contribution in [-0.2, 0) is 4.74 Å². The van der Waals surface area contributed by atoms with Gasteiger partial charge in [-0.05, 0) is 19.9 Å². The molecule has 0 atom stereocenters. The van der Waals surface area contributed by atoms with E-state index in [4.69, 9.17) is 4.74 Å². The second-order valence-corrected chi connectivity index (χ2v) is 4.12. The number of rotatable bonds is 6. The molecule has 5 nitrogen and oxygen atoms in total. The Labute approximate surface area is 108 Å². The highest BCUT2D eigenvalue weighted by Gasteiger charge is 2.16. The van der Waals surface area contributed by atoms with Crippen LogP contribution in [0.1, 0.15) is 23.0 Å². The molecular weight excluding hydrogens is 230 g/mol. The second kappa shape index (κ2) is 6.96. The molecule has 1 amide bonds. The molecule has 1 heterocycles. The van der Waals surface area contributed by atoms with E-state index in [1.807, 2.05) is 19.9 Å². The molecule has 0 unspecified atom stereocenters. The van der Waals surface area contributed by atoms with Gasteiger partial charge in [-0.15, -0.1) is 0 Å². The number of likely N-dealkylation sites (N-methyl/N-ethyl adjacent to an activating group) is 1. The number of amides is 1. The van der Waals surface area contributed by atoms with Crippen molar-refractivity contribution in [1.82, 2.24) is 9.88 Å². The van der Waals surface area contributed by atoms with E-state index in [-0.39, 0.29) is 5.91 Å². The van der Waals surface area contributed by atoms with Gasteiger partial charge in [0, 0.05) is 39.1 Å². The number of anilines is 1. The summed E-state index contributed by atoms with van der Waals surface area (Å²) in [5.74, 6) is -0.0458. The average molecular weight is 251 g/mol. The third kappa shape index (κ3) is 3.70. The monoisotopic (exact) mass is 251 g/mol. The van der Waals surface area contributed by atoms with Gasteiger partial charge in [-0.3, -0.25) is 9.78 Å². The smallest absolute Gasteiger partial charge is 0.257 e. The number of methoxy groups -OCH3 is 1. The Morgan fingerprint density at radius 3 is 2.89 bits per heavy atom. The molecule has 0 spiro atoms. The van der Waals surface area contributed by atoms with Crippen molar-refractivity contribution in [3.05, 3.63) is 23.5 Å². The minimum Gasteiger partial charge on any atom is -0.385 e.